The summed E-state index contributed by atoms with van der Waals surface area (Å²) in [4.78, 5) is 27.9. The molecular weight excluding hydrogens is 464 g/mol. The van der Waals surface area contributed by atoms with Crippen LogP contribution in [-0.4, -0.2) is 54.1 Å². The number of fused-ring (bicyclic) bond motifs is 1. The Hall–Kier alpha value is -3.94. The Kier molecular flexibility index (Phi) is 7.93. The van der Waals surface area contributed by atoms with Crippen molar-refractivity contribution in [2.45, 2.75) is 19.5 Å². The summed E-state index contributed by atoms with van der Waals surface area (Å²) in [5.41, 5.74) is 4.52. The maximum Gasteiger partial charge on any atom is 0.253 e. The Morgan fingerprint density at radius 3 is 2.46 bits per heavy atom. The molecule has 1 saturated heterocycles. The van der Waals surface area contributed by atoms with Crippen LogP contribution in [0.4, 0.5) is 5.69 Å². The number of aromatic nitrogens is 1. The SMILES string of the molecule is O=C(CCN1CCOCC1)Nc1cccc(CNC(=O)c2cn(Cc3ccccc3)c3ccccc23)c1. The highest BCUT2D eigenvalue weighted by Gasteiger charge is 2.16. The van der Waals surface area contributed by atoms with E-state index in [0.717, 1.165) is 55.0 Å². The molecule has 5 rings (SSSR count). The van der Waals surface area contributed by atoms with Crippen LogP contribution in [0.3, 0.4) is 0 Å². The van der Waals surface area contributed by atoms with Gasteiger partial charge in [0.15, 0.2) is 0 Å². The second-order valence-electron chi connectivity index (χ2n) is 9.31. The molecule has 7 heteroatoms. The van der Waals surface area contributed by atoms with E-state index in [-0.39, 0.29) is 11.8 Å². The second-order valence-corrected chi connectivity index (χ2v) is 9.31. The molecule has 7 nitrogen and oxygen atoms in total. The molecule has 2 heterocycles. The molecule has 1 aromatic heterocycles. The van der Waals surface area contributed by atoms with Gasteiger partial charge >= 0.3 is 0 Å². The van der Waals surface area contributed by atoms with Gasteiger partial charge in [0.1, 0.15) is 0 Å². The average molecular weight is 497 g/mol. The minimum atomic E-state index is -0.122. The molecule has 0 unspecified atom stereocenters. The van der Waals surface area contributed by atoms with Crippen LogP contribution in [0, 0.1) is 0 Å². The lowest BCUT2D eigenvalue weighted by atomic mass is 10.1. The molecule has 37 heavy (non-hydrogen) atoms. The zero-order valence-electron chi connectivity index (χ0n) is 20.9. The van der Waals surface area contributed by atoms with Crippen molar-refractivity contribution in [2.75, 3.05) is 38.2 Å². The number of carbonyl (C=O) groups is 2. The largest absolute Gasteiger partial charge is 0.379 e. The summed E-state index contributed by atoms with van der Waals surface area (Å²) in [6.07, 6.45) is 2.37. The Morgan fingerprint density at radius 2 is 1.62 bits per heavy atom. The van der Waals surface area contributed by atoms with Gasteiger partial charge in [-0.1, -0.05) is 60.7 Å². The maximum absolute atomic E-state index is 13.2. The van der Waals surface area contributed by atoms with Crippen LogP contribution in [-0.2, 0) is 22.6 Å². The van der Waals surface area contributed by atoms with Gasteiger partial charge < -0.3 is 19.9 Å². The van der Waals surface area contributed by atoms with Gasteiger partial charge in [0.05, 0.1) is 18.8 Å². The number of amides is 2. The smallest absolute Gasteiger partial charge is 0.253 e. The number of hydrogen-bond acceptors (Lipinski definition) is 4. The van der Waals surface area contributed by atoms with Crippen molar-refractivity contribution < 1.29 is 14.3 Å². The van der Waals surface area contributed by atoms with E-state index in [4.69, 9.17) is 4.74 Å². The van der Waals surface area contributed by atoms with Crippen LogP contribution < -0.4 is 10.6 Å². The van der Waals surface area contributed by atoms with E-state index in [2.05, 4.69) is 32.2 Å². The third kappa shape index (κ3) is 6.44. The third-order valence-corrected chi connectivity index (χ3v) is 6.65. The minimum absolute atomic E-state index is 0.0149. The van der Waals surface area contributed by atoms with E-state index < -0.39 is 0 Å². The van der Waals surface area contributed by atoms with Crippen molar-refractivity contribution in [3.63, 3.8) is 0 Å². The van der Waals surface area contributed by atoms with E-state index >= 15 is 0 Å². The number of rotatable bonds is 9. The summed E-state index contributed by atoms with van der Waals surface area (Å²) in [6, 6.07) is 25.8. The average Bonchev–Trinajstić information content (AvgIpc) is 3.30. The van der Waals surface area contributed by atoms with Crippen molar-refractivity contribution in [1.82, 2.24) is 14.8 Å². The molecule has 190 valence electrons. The summed E-state index contributed by atoms with van der Waals surface area (Å²) in [7, 11) is 0. The number of anilines is 1. The molecule has 0 atom stereocenters. The van der Waals surface area contributed by atoms with Gasteiger partial charge in [0, 0.05) is 61.9 Å². The number of para-hydroxylation sites is 1. The van der Waals surface area contributed by atoms with E-state index in [1.54, 1.807) is 0 Å². The molecule has 0 spiro atoms. The summed E-state index contributed by atoms with van der Waals surface area (Å²) >= 11 is 0. The Balaban J connectivity index is 1.20. The van der Waals surface area contributed by atoms with Gasteiger partial charge in [-0.05, 0) is 29.3 Å². The molecule has 2 N–H and O–H groups in total. The number of hydrogen-bond donors (Lipinski definition) is 2. The topological polar surface area (TPSA) is 75.6 Å². The monoisotopic (exact) mass is 496 g/mol. The minimum Gasteiger partial charge on any atom is -0.379 e. The first-order chi connectivity index (χ1) is 18.2. The maximum atomic E-state index is 13.2. The molecule has 0 saturated carbocycles. The Labute approximate surface area is 217 Å². The van der Waals surface area contributed by atoms with Gasteiger partial charge in [0.25, 0.3) is 5.91 Å². The fourth-order valence-electron chi connectivity index (χ4n) is 4.68. The molecule has 2 amide bonds. The van der Waals surface area contributed by atoms with E-state index in [9.17, 15) is 9.59 Å². The van der Waals surface area contributed by atoms with E-state index in [0.29, 0.717) is 25.1 Å². The molecule has 1 aliphatic heterocycles. The number of morpholine rings is 1. The number of carbonyl (C=O) groups excluding carboxylic acids is 2. The summed E-state index contributed by atoms with van der Waals surface area (Å²) in [5.74, 6) is -0.137. The molecular formula is C30H32N4O3. The standard InChI is InChI=1S/C30H32N4O3/c35-29(13-14-33-15-17-37-18-16-33)32-25-10-6-9-24(19-25)20-31-30(36)27-22-34(21-23-7-2-1-3-8-23)28-12-5-4-11-26(27)28/h1-12,19,22H,13-18,20-21H2,(H,31,36)(H,32,35). The van der Waals surface area contributed by atoms with Crippen molar-refractivity contribution in [3.8, 4) is 0 Å². The van der Waals surface area contributed by atoms with Crippen molar-refractivity contribution >= 4 is 28.4 Å². The van der Waals surface area contributed by atoms with Crippen LogP contribution in [0.5, 0.6) is 0 Å². The van der Waals surface area contributed by atoms with Gasteiger partial charge in [0.2, 0.25) is 5.91 Å². The normalized spacial score (nSPS) is 13.9. The highest BCUT2D eigenvalue weighted by molar-refractivity contribution is 6.07. The zero-order chi connectivity index (χ0) is 25.5. The van der Waals surface area contributed by atoms with Crippen molar-refractivity contribution in [3.05, 3.63) is 102 Å². The second kappa shape index (κ2) is 11.9. The highest BCUT2D eigenvalue weighted by Crippen LogP contribution is 2.23. The van der Waals surface area contributed by atoms with Crippen molar-refractivity contribution in [1.29, 1.82) is 0 Å². The van der Waals surface area contributed by atoms with Crippen LogP contribution in [0.2, 0.25) is 0 Å². The fraction of sp³-hybridized carbons (Fsp3) is 0.267. The third-order valence-electron chi connectivity index (χ3n) is 6.65. The quantitative estimate of drug-likeness (QED) is 0.363. The van der Waals surface area contributed by atoms with Gasteiger partial charge in [-0.25, -0.2) is 0 Å². The van der Waals surface area contributed by atoms with E-state index in [1.165, 1.54) is 5.56 Å². The van der Waals surface area contributed by atoms with E-state index in [1.807, 2.05) is 72.9 Å². The zero-order valence-corrected chi connectivity index (χ0v) is 20.9. The lowest BCUT2D eigenvalue weighted by molar-refractivity contribution is -0.116. The summed E-state index contributed by atoms with van der Waals surface area (Å²) < 4.78 is 7.47. The first kappa shape index (κ1) is 24.7. The first-order valence-electron chi connectivity index (χ1n) is 12.7. The first-order valence-corrected chi connectivity index (χ1v) is 12.7. The van der Waals surface area contributed by atoms with Crippen LogP contribution in [0.15, 0.2) is 85.1 Å². The van der Waals surface area contributed by atoms with Crippen LogP contribution in [0.25, 0.3) is 10.9 Å². The molecule has 0 aliphatic carbocycles. The summed E-state index contributed by atoms with van der Waals surface area (Å²) in [6.45, 7) is 4.98. The number of ether oxygens (including phenoxy) is 1. The predicted molar refractivity (Wildman–Crippen MR) is 146 cm³/mol. The number of nitrogens with one attached hydrogen (secondary N) is 2. The predicted octanol–water partition coefficient (Wildman–Crippen LogP) is 4.28. The number of nitrogens with zero attached hydrogens (tertiary/aromatic N) is 2. The molecule has 4 aromatic rings. The molecule has 0 radical (unpaired) electrons. The molecule has 1 fully saturated rings. The molecule has 1 aliphatic rings. The van der Waals surface area contributed by atoms with Crippen LogP contribution in [0.1, 0.15) is 27.9 Å². The fourth-order valence-corrected chi connectivity index (χ4v) is 4.68. The Morgan fingerprint density at radius 1 is 0.865 bits per heavy atom. The van der Waals surface area contributed by atoms with Gasteiger partial charge in [-0.15, -0.1) is 0 Å². The highest BCUT2D eigenvalue weighted by atomic mass is 16.5. The lowest BCUT2D eigenvalue weighted by Crippen LogP contribution is -2.38. The molecule has 0 bridgehead atoms. The molecule has 3 aromatic carbocycles. The number of benzene rings is 3. The Bertz CT molecular complexity index is 1360. The lowest BCUT2D eigenvalue weighted by Gasteiger charge is -2.26. The van der Waals surface area contributed by atoms with Gasteiger partial charge in [-0.2, -0.15) is 0 Å². The van der Waals surface area contributed by atoms with Crippen molar-refractivity contribution in [2.24, 2.45) is 0 Å². The van der Waals surface area contributed by atoms with Crippen LogP contribution >= 0.6 is 0 Å². The van der Waals surface area contributed by atoms with Gasteiger partial charge in [-0.3, -0.25) is 14.5 Å². The summed E-state index contributed by atoms with van der Waals surface area (Å²) in [5, 5.41) is 6.96.